The Hall–Kier alpha value is -4.06. The van der Waals surface area contributed by atoms with Crippen LogP contribution in [0.5, 0.6) is 11.6 Å². The van der Waals surface area contributed by atoms with E-state index in [4.69, 9.17) is 4.74 Å². The number of nitrogens with one attached hydrogen (secondary N) is 1. The summed E-state index contributed by atoms with van der Waals surface area (Å²) in [4.78, 5) is 21.7. The van der Waals surface area contributed by atoms with Crippen molar-refractivity contribution in [3.63, 3.8) is 0 Å². The molecule has 0 saturated carbocycles. The van der Waals surface area contributed by atoms with E-state index in [1.165, 1.54) is 30.5 Å². The Balaban J connectivity index is 1.69. The molecule has 30 heavy (non-hydrogen) atoms. The molecular formula is C24H18FN3O2. The quantitative estimate of drug-likeness (QED) is 0.472. The summed E-state index contributed by atoms with van der Waals surface area (Å²) in [6, 6.07) is 22.4. The summed E-state index contributed by atoms with van der Waals surface area (Å²) in [6.07, 6.45) is 1.43. The number of benzene rings is 3. The van der Waals surface area contributed by atoms with Gasteiger partial charge in [0.2, 0.25) is 5.88 Å². The number of carbonyl (C=O) groups excluding carboxylic acids is 1. The molecule has 148 valence electrons. The van der Waals surface area contributed by atoms with Gasteiger partial charge in [-0.1, -0.05) is 48.0 Å². The monoisotopic (exact) mass is 399 g/mol. The van der Waals surface area contributed by atoms with Crippen molar-refractivity contribution in [3.05, 3.63) is 102 Å². The molecule has 0 radical (unpaired) electrons. The Morgan fingerprint density at radius 3 is 2.33 bits per heavy atom. The Labute approximate surface area is 173 Å². The summed E-state index contributed by atoms with van der Waals surface area (Å²) in [5.41, 5.74) is 2.51. The van der Waals surface area contributed by atoms with Crippen molar-refractivity contribution in [2.24, 2.45) is 0 Å². The lowest BCUT2D eigenvalue weighted by molar-refractivity contribution is 0.102. The second kappa shape index (κ2) is 8.53. The van der Waals surface area contributed by atoms with Crippen LogP contribution in [0, 0.1) is 12.7 Å². The molecule has 6 heteroatoms. The van der Waals surface area contributed by atoms with Gasteiger partial charge in [0, 0.05) is 17.4 Å². The zero-order valence-electron chi connectivity index (χ0n) is 16.2. The highest BCUT2D eigenvalue weighted by Crippen LogP contribution is 2.27. The molecule has 0 aliphatic rings. The molecule has 0 atom stereocenters. The fourth-order valence-corrected chi connectivity index (χ4v) is 2.78. The first kappa shape index (κ1) is 19.3. The third-order valence-electron chi connectivity index (χ3n) is 4.37. The van der Waals surface area contributed by atoms with E-state index in [0.29, 0.717) is 17.3 Å². The summed E-state index contributed by atoms with van der Waals surface area (Å²) in [5, 5.41) is 2.71. The molecule has 1 heterocycles. The van der Waals surface area contributed by atoms with E-state index in [-0.39, 0.29) is 17.3 Å². The lowest BCUT2D eigenvalue weighted by Crippen LogP contribution is -2.14. The number of hydrogen-bond donors (Lipinski definition) is 1. The molecule has 0 fully saturated rings. The minimum atomic E-state index is -0.455. The highest BCUT2D eigenvalue weighted by atomic mass is 19.1. The number of ether oxygens (including phenoxy) is 1. The number of anilines is 1. The maximum Gasteiger partial charge on any atom is 0.262 e. The molecule has 0 bridgehead atoms. The van der Waals surface area contributed by atoms with Crippen molar-refractivity contribution in [2.45, 2.75) is 6.92 Å². The van der Waals surface area contributed by atoms with Crippen molar-refractivity contribution in [1.29, 1.82) is 0 Å². The van der Waals surface area contributed by atoms with Crippen LogP contribution in [0.1, 0.15) is 15.9 Å². The second-order valence-electron chi connectivity index (χ2n) is 6.65. The van der Waals surface area contributed by atoms with Crippen LogP contribution in [-0.4, -0.2) is 15.9 Å². The van der Waals surface area contributed by atoms with Crippen molar-refractivity contribution < 1.29 is 13.9 Å². The van der Waals surface area contributed by atoms with E-state index in [1.54, 1.807) is 12.1 Å². The number of amides is 1. The van der Waals surface area contributed by atoms with E-state index in [2.05, 4.69) is 15.3 Å². The van der Waals surface area contributed by atoms with Gasteiger partial charge in [-0.15, -0.1) is 0 Å². The maximum absolute atomic E-state index is 13.1. The SMILES string of the molecule is Cc1ccc(Oc2nc(-c3ccccc3)ncc2C(=O)Nc2ccc(F)cc2)cc1. The molecule has 1 aromatic heterocycles. The molecule has 4 aromatic rings. The van der Waals surface area contributed by atoms with Gasteiger partial charge in [-0.3, -0.25) is 4.79 Å². The molecular weight excluding hydrogens is 381 g/mol. The van der Waals surface area contributed by atoms with E-state index in [9.17, 15) is 9.18 Å². The number of halogens is 1. The number of aryl methyl sites for hydroxylation is 1. The molecule has 0 aliphatic heterocycles. The molecule has 4 rings (SSSR count). The molecule has 3 aromatic carbocycles. The van der Waals surface area contributed by atoms with Crippen molar-refractivity contribution in [1.82, 2.24) is 9.97 Å². The average Bonchev–Trinajstić information content (AvgIpc) is 2.77. The first-order chi connectivity index (χ1) is 14.6. The van der Waals surface area contributed by atoms with Crippen molar-refractivity contribution in [2.75, 3.05) is 5.32 Å². The van der Waals surface area contributed by atoms with Crippen molar-refractivity contribution in [3.8, 4) is 23.0 Å². The van der Waals surface area contributed by atoms with Gasteiger partial charge in [0.25, 0.3) is 5.91 Å². The van der Waals surface area contributed by atoms with E-state index < -0.39 is 5.91 Å². The maximum atomic E-state index is 13.1. The summed E-state index contributed by atoms with van der Waals surface area (Å²) >= 11 is 0. The number of aromatic nitrogens is 2. The van der Waals surface area contributed by atoms with Gasteiger partial charge >= 0.3 is 0 Å². The summed E-state index contributed by atoms with van der Waals surface area (Å²) < 4.78 is 19.1. The minimum absolute atomic E-state index is 0.132. The van der Waals surface area contributed by atoms with E-state index in [1.807, 2.05) is 49.4 Å². The van der Waals surface area contributed by atoms with Gasteiger partial charge in [0.05, 0.1) is 0 Å². The Morgan fingerprint density at radius 2 is 1.63 bits per heavy atom. The van der Waals surface area contributed by atoms with Crippen LogP contribution in [0.15, 0.2) is 85.1 Å². The number of hydrogen-bond acceptors (Lipinski definition) is 4. The second-order valence-corrected chi connectivity index (χ2v) is 6.65. The molecule has 5 nitrogen and oxygen atoms in total. The standard InChI is InChI=1S/C24H18FN3O2/c1-16-7-13-20(14-8-16)30-24-21(23(29)27-19-11-9-18(25)10-12-19)15-26-22(28-24)17-5-3-2-4-6-17/h2-15H,1H3,(H,27,29). The molecule has 0 saturated heterocycles. The topological polar surface area (TPSA) is 64.1 Å². The first-order valence-electron chi connectivity index (χ1n) is 9.32. The largest absolute Gasteiger partial charge is 0.438 e. The van der Waals surface area contributed by atoms with Crippen LogP contribution >= 0.6 is 0 Å². The van der Waals surface area contributed by atoms with Gasteiger partial charge < -0.3 is 10.1 Å². The predicted molar refractivity (Wildman–Crippen MR) is 113 cm³/mol. The van der Waals surface area contributed by atoms with Crippen molar-refractivity contribution >= 4 is 11.6 Å². The van der Waals surface area contributed by atoms with Crippen LogP contribution in [0.25, 0.3) is 11.4 Å². The smallest absolute Gasteiger partial charge is 0.262 e. The third kappa shape index (κ3) is 4.50. The Kier molecular flexibility index (Phi) is 5.48. The fourth-order valence-electron chi connectivity index (χ4n) is 2.78. The Morgan fingerprint density at radius 1 is 0.933 bits per heavy atom. The van der Waals surface area contributed by atoms with Crippen LogP contribution in [0.3, 0.4) is 0 Å². The minimum Gasteiger partial charge on any atom is -0.438 e. The van der Waals surface area contributed by atoms with Gasteiger partial charge in [0.1, 0.15) is 17.1 Å². The predicted octanol–water partition coefficient (Wildman–Crippen LogP) is 5.64. The van der Waals surface area contributed by atoms with Gasteiger partial charge in [-0.2, -0.15) is 4.98 Å². The normalized spacial score (nSPS) is 10.5. The molecule has 1 amide bonds. The third-order valence-corrected chi connectivity index (χ3v) is 4.37. The van der Waals surface area contributed by atoms with Gasteiger partial charge in [-0.05, 0) is 43.3 Å². The van der Waals surface area contributed by atoms with Gasteiger partial charge in [-0.25, -0.2) is 9.37 Å². The van der Waals surface area contributed by atoms with Crippen LogP contribution in [-0.2, 0) is 0 Å². The average molecular weight is 399 g/mol. The molecule has 0 unspecified atom stereocenters. The van der Waals surface area contributed by atoms with E-state index >= 15 is 0 Å². The number of nitrogens with zero attached hydrogens (tertiary/aromatic N) is 2. The van der Waals surface area contributed by atoms with Crippen LogP contribution < -0.4 is 10.1 Å². The van der Waals surface area contributed by atoms with Gasteiger partial charge in [0.15, 0.2) is 5.82 Å². The first-order valence-corrected chi connectivity index (χ1v) is 9.32. The number of rotatable bonds is 5. The highest BCUT2D eigenvalue weighted by molar-refractivity contribution is 6.05. The highest BCUT2D eigenvalue weighted by Gasteiger charge is 2.18. The van der Waals surface area contributed by atoms with Crippen LogP contribution in [0.2, 0.25) is 0 Å². The molecule has 0 aliphatic carbocycles. The molecule has 1 N–H and O–H groups in total. The molecule has 0 spiro atoms. The van der Waals surface area contributed by atoms with Crippen LogP contribution in [0.4, 0.5) is 10.1 Å². The summed E-state index contributed by atoms with van der Waals surface area (Å²) in [6.45, 7) is 1.98. The lowest BCUT2D eigenvalue weighted by atomic mass is 10.2. The summed E-state index contributed by atoms with van der Waals surface area (Å²) in [5.74, 6) is 0.285. The fraction of sp³-hybridized carbons (Fsp3) is 0.0417. The zero-order valence-corrected chi connectivity index (χ0v) is 16.2. The lowest BCUT2D eigenvalue weighted by Gasteiger charge is -2.12. The summed E-state index contributed by atoms with van der Waals surface area (Å²) in [7, 11) is 0. The Bertz CT molecular complexity index is 1160. The number of carbonyl (C=O) groups is 1. The zero-order chi connectivity index (χ0) is 20.9. The van der Waals surface area contributed by atoms with E-state index in [0.717, 1.165) is 11.1 Å².